The van der Waals surface area contributed by atoms with Gasteiger partial charge >= 0.3 is 5.97 Å². The minimum Gasteiger partial charge on any atom is -0.478 e. The molecule has 1 aliphatic carbocycles. The smallest absolute Gasteiger partial charge is 0.336 e. The average Bonchev–Trinajstić information content (AvgIpc) is 2.17. The van der Waals surface area contributed by atoms with E-state index in [1.54, 1.807) is 12.1 Å². The standard InChI is InChI=1S/C11H13NO2/c12-9-6-2-4-7-3-1-5-8(10(7)9)11(13)14/h1,3,5,9H,2,4,6,12H2,(H,13,14)/t9-/m1/s1. The summed E-state index contributed by atoms with van der Waals surface area (Å²) in [6, 6.07) is 5.29. The highest BCUT2D eigenvalue weighted by Gasteiger charge is 2.22. The molecule has 0 amide bonds. The van der Waals surface area contributed by atoms with E-state index in [4.69, 9.17) is 10.8 Å². The summed E-state index contributed by atoms with van der Waals surface area (Å²) in [5.41, 5.74) is 8.23. The molecule has 0 radical (unpaired) electrons. The molecule has 0 saturated carbocycles. The Balaban J connectivity index is 2.57. The van der Waals surface area contributed by atoms with E-state index in [0.29, 0.717) is 5.56 Å². The predicted octanol–water partition coefficient (Wildman–Crippen LogP) is 1.72. The SMILES string of the molecule is N[C@@H]1CCCc2cccc(C(=O)O)c21. The molecule has 1 aliphatic rings. The lowest BCUT2D eigenvalue weighted by molar-refractivity contribution is 0.0694. The van der Waals surface area contributed by atoms with Crippen LogP contribution in [-0.2, 0) is 6.42 Å². The summed E-state index contributed by atoms with van der Waals surface area (Å²) >= 11 is 0. The molecule has 0 heterocycles. The van der Waals surface area contributed by atoms with E-state index >= 15 is 0 Å². The first-order valence-electron chi connectivity index (χ1n) is 4.81. The quantitative estimate of drug-likeness (QED) is 0.710. The van der Waals surface area contributed by atoms with Crippen LogP contribution in [0.15, 0.2) is 18.2 Å². The Bertz CT molecular complexity index is 374. The number of carboxylic acid groups (broad SMARTS) is 1. The van der Waals surface area contributed by atoms with Crippen LogP contribution in [0.4, 0.5) is 0 Å². The van der Waals surface area contributed by atoms with Gasteiger partial charge in [0.2, 0.25) is 0 Å². The predicted molar refractivity (Wildman–Crippen MR) is 53.3 cm³/mol. The first kappa shape index (κ1) is 9.21. The normalized spacial score (nSPS) is 20.2. The zero-order chi connectivity index (χ0) is 10.1. The minimum atomic E-state index is -0.876. The zero-order valence-corrected chi connectivity index (χ0v) is 7.86. The number of carbonyl (C=O) groups is 1. The van der Waals surface area contributed by atoms with Crippen LogP contribution >= 0.6 is 0 Å². The molecule has 0 fully saturated rings. The van der Waals surface area contributed by atoms with E-state index in [9.17, 15) is 4.79 Å². The van der Waals surface area contributed by atoms with Gasteiger partial charge in [0.1, 0.15) is 0 Å². The number of carboxylic acids is 1. The van der Waals surface area contributed by atoms with Crippen molar-refractivity contribution in [2.45, 2.75) is 25.3 Å². The van der Waals surface area contributed by atoms with Crippen LogP contribution in [0.1, 0.15) is 40.4 Å². The number of benzene rings is 1. The molecule has 0 aliphatic heterocycles. The Kier molecular flexibility index (Phi) is 2.25. The largest absolute Gasteiger partial charge is 0.478 e. The third-order valence-electron chi connectivity index (χ3n) is 2.76. The highest BCUT2D eigenvalue weighted by molar-refractivity contribution is 5.90. The molecule has 14 heavy (non-hydrogen) atoms. The second kappa shape index (κ2) is 3.42. The molecule has 1 atom stereocenters. The van der Waals surface area contributed by atoms with Crippen LogP contribution in [0, 0.1) is 0 Å². The number of aromatic carboxylic acids is 1. The number of hydrogen-bond acceptors (Lipinski definition) is 2. The molecule has 0 bridgehead atoms. The van der Waals surface area contributed by atoms with Gasteiger partial charge in [0.15, 0.2) is 0 Å². The van der Waals surface area contributed by atoms with Crippen LogP contribution in [0.3, 0.4) is 0 Å². The summed E-state index contributed by atoms with van der Waals surface area (Å²) in [6.07, 6.45) is 2.89. The zero-order valence-electron chi connectivity index (χ0n) is 7.86. The molecule has 0 aromatic heterocycles. The van der Waals surface area contributed by atoms with E-state index in [1.807, 2.05) is 6.07 Å². The number of nitrogens with two attached hydrogens (primary N) is 1. The Morgan fingerprint density at radius 3 is 3.00 bits per heavy atom. The summed E-state index contributed by atoms with van der Waals surface area (Å²) in [5.74, 6) is -0.876. The maximum absolute atomic E-state index is 11.0. The number of hydrogen-bond donors (Lipinski definition) is 2. The molecule has 0 spiro atoms. The molecule has 0 unspecified atom stereocenters. The van der Waals surface area contributed by atoms with Gasteiger partial charge in [-0.1, -0.05) is 12.1 Å². The van der Waals surface area contributed by atoms with Gasteiger partial charge in [0.05, 0.1) is 5.56 Å². The van der Waals surface area contributed by atoms with Crippen molar-refractivity contribution in [2.75, 3.05) is 0 Å². The fraction of sp³-hybridized carbons (Fsp3) is 0.364. The summed E-state index contributed by atoms with van der Waals surface area (Å²) in [7, 11) is 0. The van der Waals surface area contributed by atoms with E-state index in [1.165, 1.54) is 0 Å². The minimum absolute atomic E-state index is 0.106. The van der Waals surface area contributed by atoms with Gasteiger partial charge in [-0.25, -0.2) is 4.79 Å². The maximum Gasteiger partial charge on any atom is 0.336 e. The number of rotatable bonds is 1. The molecule has 3 N–H and O–H groups in total. The first-order valence-corrected chi connectivity index (χ1v) is 4.81. The van der Waals surface area contributed by atoms with E-state index in [0.717, 1.165) is 30.4 Å². The van der Waals surface area contributed by atoms with Crippen LogP contribution in [0.5, 0.6) is 0 Å². The summed E-state index contributed by atoms with van der Waals surface area (Å²) < 4.78 is 0. The lowest BCUT2D eigenvalue weighted by Gasteiger charge is -2.23. The van der Waals surface area contributed by atoms with Gasteiger partial charge in [0.25, 0.3) is 0 Å². The fourth-order valence-electron chi connectivity index (χ4n) is 2.11. The number of fused-ring (bicyclic) bond motifs is 1. The third kappa shape index (κ3) is 1.40. The van der Waals surface area contributed by atoms with Crippen molar-refractivity contribution < 1.29 is 9.90 Å². The van der Waals surface area contributed by atoms with Gasteiger partial charge in [0, 0.05) is 6.04 Å². The molecule has 1 aromatic rings. The second-order valence-corrected chi connectivity index (χ2v) is 3.68. The van der Waals surface area contributed by atoms with Crippen LogP contribution in [0.25, 0.3) is 0 Å². The highest BCUT2D eigenvalue weighted by atomic mass is 16.4. The van der Waals surface area contributed by atoms with Crippen molar-refractivity contribution in [1.29, 1.82) is 0 Å². The van der Waals surface area contributed by atoms with E-state index in [2.05, 4.69) is 0 Å². The van der Waals surface area contributed by atoms with Crippen molar-refractivity contribution in [3.05, 3.63) is 34.9 Å². The van der Waals surface area contributed by atoms with Crippen LogP contribution in [0.2, 0.25) is 0 Å². The lowest BCUT2D eigenvalue weighted by Crippen LogP contribution is -2.21. The monoisotopic (exact) mass is 191 g/mol. The fourth-order valence-corrected chi connectivity index (χ4v) is 2.11. The van der Waals surface area contributed by atoms with Crippen LogP contribution in [-0.4, -0.2) is 11.1 Å². The van der Waals surface area contributed by atoms with E-state index < -0.39 is 5.97 Å². The van der Waals surface area contributed by atoms with Gasteiger partial charge < -0.3 is 10.8 Å². The van der Waals surface area contributed by atoms with E-state index in [-0.39, 0.29) is 6.04 Å². The molecule has 0 saturated heterocycles. The molecular formula is C11H13NO2. The summed E-state index contributed by atoms with van der Waals surface area (Å²) in [6.45, 7) is 0. The summed E-state index contributed by atoms with van der Waals surface area (Å²) in [4.78, 5) is 11.0. The lowest BCUT2D eigenvalue weighted by atomic mass is 9.85. The topological polar surface area (TPSA) is 63.3 Å². The molecule has 74 valence electrons. The Hall–Kier alpha value is -1.35. The van der Waals surface area contributed by atoms with Crippen molar-refractivity contribution >= 4 is 5.97 Å². The van der Waals surface area contributed by atoms with Gasteiger partial charge in [-0.15, -0.1) is 0 Å². The van der Waals surface area contributed by atoms with Gasteiger partial charge in [-0.3, -0.25) is 0 Å². The summed E-state index contributed by atoms with van der Waals surface area (Å²) in [5, 5.41) is 9.00. The maximum atomic E-state index is 11.0. The van der Waals surface area contributed by atoms with Crippen molar-refractivity contribution in [1.82, 2.24) is 0 Å². The highest BCUT2D eigenvalue weighted by Crippen LogP contribution is 2.30. The van der Waals surface area contributed by atoms with Crippen molar-refractivity contribution in [3.63, 3.8) is 0 Å². The Morgan fingerprint density at radius 2 is 2.29 bits per heavy atom. The van der Waals surface area contributed by atoms with Crippen molar-refractivity contribution in [2.24, 2.45) is 5.73 Å². The molecule has 3 nitrogen and oxygen atoms in total. The average molecular weight is 191 g/mol. The van der Waals surface area contributed by atoms with Gasteiger partial charge in [-0.05, 0) is 36.5 Å². The number of aryl methyl sites for hydroxylation is 1. The van der Waals surface area contributed by atoms with Crippen LogP contribution < -0.4 is 5.73 Å². The second-order valence-electron chi connectivity index (χ2n) is 3.68. The van der Waals surface area contributed by atoms with Gasteiger partial charge in [-0.2, -0.15) is 0 Å². The Labute approximate surface area is 82.5 Å². The molecule has 2 rings (SSSR count). The molecule has 3 heteroatoms. The molecule has 1 aromatic carbocycles. The Morgan fingerprint density at radius 1 is 1.50 bits per heavy atom. The van der Waals surface area contributed by atoms with Crippen molar-refractivity contribution in [3.8, 4) is 0 Å². The third-order valence-corrected chi connectivity index (χ3v) is 2.76. The first-order chi connectivity index (χ1) is 6.70. The molecular weight excluding hydrogens is 178 g/mol.